The first-order valence-corrected chi connectivity index (χ1v) is 8.11. The van der Waals surface area contributed by atoms with Crippen LogP contribution in [0, 0.1) is 5.92 Å². The summed E-state index contributed by atoms with van der Waals surface area (Å²) in [4.78, 5) is 23.6. The molecule has 2 atom stereocenters. The lowest BCUT2D eigenvalue weighted by molar-refractivity contribution is -0.153. The summed E-state index contributed by atoms with van der Waals surface area (Å²) in [5, 5.41) is 5.14. The van der Waals surface area contributed by atoms with Crippen molar-refractivity contribution in [2.45, 2.75) is 39.0 Å². The zero-order valence-electron chi connectivity index (χ0n) is 14.9. The van der Waals surface area contributed by atoms with E-state index in [4.69, 9.17) is 5.73 Å². The smallest absolute Gasteiger partial charge is 0.422 e. The molecule has 0 fully saturated rings. The van der Waals surface area contributed by atoms with E-state index in [0.717, 1.165) is 0 Å². The van der Waals surface area contributed by atoms with Gasteiger partial charge in [-0.2, -0.15) is 13.2 Å². The van der Waals surface area contributed by atoms with Crippen molar-refractivity contribution < 1.29 is 27.5 Å². The number of amides is 2. The van der Waals surface area contributed by atoms with Gasteiger partial charge in [0.1, 0.15) is 5.75 Å². The Morgan fingerprint density at radius 1 is 1.15 bits per heavy atom. The third-order valence-electron chi connectivity index (χ3n) is 3.60. The summed E-state index contributed by atoms with van der Waals surface area (Å²) in [7, 11) is 0. The van der Waals surface area contributed by atoms with E-state index in [1.165, 1.54) is 12.1 Å². The number of rotatable bonds is 8. The van der Waals surface area contributed by atoms with Crippen LogP contribution in [0.5, 0.6) is 5.75 Å². The van der Waals surface area contributed by atoms with E-state index in [0.29, 0.717) is 5.56 Å². The Kier molecular flexibility index (Phi) is 7.88. The topological polar surface area (TPSA) is 93.5 Å². The highest BCUT2D eigenvalue weighted by molar-refractivity contribution is 5.87. The maximum absolute atomic E-state index is 12.1. The molecule has 1 aromatic carbocycles. The van der Waals surface area contributed by atoms with Gasteiger partial charge < -0.3 is 21.1 Å². The molecule has 6 nitrogen and oxygen atoms in total. The summed E-state index contributed by atoms with van der Waals surface area (Å²) in [6.07, 6.45) is -4.40. The summed E-state index contributed by atoms with van der Waals surface area (Å²) in [5.74, 6) is -0.775. The summed E-state index contributed by atoms with van der Waals surface area (Å²) in [6.45, 7) is 3.74. The Hall–Kier alpha value is -2.29. The molecule has 0 spiro atoms. The molecule has 0 saturated heterocycles. The number of carbonyl (C=O) groups excluding carboxylic acids is 2. The molecule has 2 amide bonds. The number of nitrogens with one attached hydrogen (secondary N) is 2. The SMILES string of the molecule is CC(NC(=O)CNC(=O)[C@@H](N)C(C)C)c1ccc(OCC(F)(F)F)cc1. The molecule has 4 N–H and O–H groups in total. The average molecular weight is 375 g/mol. The van der Waals surface area contributed by atoms with Gasteiger partial charge in [0.05, 0.1) is 18.6 Å². The maximum Gasteiger partial charge on any atom is 0.422 e. The van der Waals surface area contributed by atoms with Crippen LogP contribution >= 0.6 is 0 Å². The fraction of sp³-hybridized carbons (Fsp3) is 0.529. The van der Waals surface area contributed by atoms with Crippen LogP contribution in [0.15, 0.2) is 24.3 Å². The first kappa shape index (κ1) is 21.8. The highest BCUT2D eigenvalue weighted by atomic mass is 19.4. The quantitative estimate of drug-likeness (QED) is 0.647. The van der Waals surface area contributed by atoms with E-state index in [2.05, 4.69) is 15.4 Å². The molecule has 0 aliphatic rings. The minimum absolute atomic E-state index is 0.0462. The number of hydrogen-bond donors (Lipinski definition) is 3. The van der Waals surface area contributed by atoms with Gasteiger partial charge in [0.2, 0.25) is 11.8 Å². The Labute approximate surface area is 150 Å². The summed E-state index contributed by atoms with van der Waals surface area (Å²) in [6, 6.07) is 4.83. The van der Waals surface area contributed by atoms with Gasteiger partial charge in [-0.05, 0) is 30.5 Å². The number of alkyl halides is 3. The van der Waals surface area contributed by atoms with Gasteiger partial charge in [0.25, 0.3) is 0 Å². The standard InChI is InChI=1S/C17H24F3N3O3/c1-10(2)15(21)16(25)22-8-14(24)23-11(3)12-4-6-13(7-5-12)26-9-17(18,19)20/h4-7,10-11,15H,8-9,21H2,1-3H3,(H,22,25)(H,23,24)/t11?,15-/m0/s1. The summed E-state index contributed by atoms with van der Waals surface area (Å²) < 4.78 is 40.9. The van der Waals surface area contributed by atoms with E-state index < -0.39 is 36.7 Å². The maximum atomic E-state index is 12.1. The van der Waals surface area contributed by atoms with Gasteiger partial charge in [-0.3, -0.25) is 9.59 Å². The third-order valence-corrected chi connectivity index (χ3v) is 3.60. The van der Waals surface area contributed by atoms with Crippen molar-refractivity contribution in [3.8, 4) is 5.75 Å². The van der Waals surface area contributed by atoms with E-state index in [-0.39, 0.29) is 18.2 Å². The molecule has 146 valence electrons. The van der Waals surface area contributed by atoms with Crippen LogP contribution in [0.25, 0.3) is 0 Å². The molecule has 26 heavy (non-hydrogen) atoms. The minimum Gasteiger partial charge on any atom is -0.484 e. The second-order valence-corrected chi connectivity index (χ2v) is 6.25. The van der Waals surface area contributed by atoms with Crippen molar-refractivity contribution in [2.75, 3.05) is 13.2 Å². The normalized spacial score (nSPS) is 13.8. The minimum atomic E-state index is -4.40. The van der Waals surface area contributed by atoms with Gasteiger partial charge in [-0.1, -0.05) is 26.0 Å². The van der Waals surface area contributed by atoms with E-state index in [1.807, 2.05) is 0 Å². The van der Waals surface area contributed by atoms with Crippen molar-refractivity contribution in [2.24, 2.45) is 11.7 Å². The third kappa shape index (κ3) is 7.73. The molecular formula is C17H24F3N3O3. The van der Waals surface area contributed by atoms with E-state index in [1.54, 1.807) is 32.9 Å². The lowest BCUT2D eigenvalue weighted by atomic mass is 10.1. The van der Waals surface area contributed by atoms with Crippen LogP contribution in [0.4, 0.5) is 13.2 Å². The predicted octanol–water partition coefficient (Wildman–Crippen LogP) is 1.90. The summed E-state index contributed by atoms with van der Waals surface area (Å²) >= 11 is 0. The van der Waals surface area contributed by atoms with Crippen molar-refractivity contribution >= 4 is 11.8 Å². The van der Waals surface area contributed by atoms with Crippen LogP contribution in [-0.4, -0.2) is 37.2 Å². The first-order valence-electron chi connectivity index (χ1n) is 8.11. The molecule has 1 aromatic rings. The summed E-state index contributed by atoms with van der Waals surface area (Å²) in [5.41, 5.74) is 6.36. The monoisotopic (exact) mass is 375 g/mol. The van der Waals surface area contributed by atoms with Crippen LogP contribution in [0.3, 0.4) is 0 Å². The zero-order chi connectivity index (χ0) is 19.9. The fourth-order valence-corrected chi connectivity index (χ4v) is 1.98. The molecular weight excluding hydrogens is 351 g/mol. The second-order valence-electron chi connectivity index (χ2n) is 6.25. The van der Waals surface area contributed by atoms with Gasteiger partial charge in [-0.25, -0.2) is 0 Å². The van der Waals surface area contributed by atoms with Gasteiger partial charge >= 0.3 is 6.18 Å². The number of carbonyl (C=O) groups is 2. The molecule has 0 saturated carbocycles. The Morgan fingerprint density at radius 3 is 2.23 bits per heavy atom. The Morgan fingerprint density at radius 2 is 1.73 bits per heavy atom. The molecule has 0 radical (unpaired) electrons. The number of hydrogen-bond acceptors (Lipinski definition) is 4. The molecule has 0 aliphatic carbocycles. The molecule has 0 aromatic heterocycles. The highest BCUT2D eigenvalue weighted by Gasteiger charge is 2.28. The Bertz CT molecular complexity index is 604. The fourth-order valence-electron chi connectivity index (χ4n) is 1.98. The van der Waals surface area contributed by atoms with Crippen molar-refractivity contribution in [1.29, 1.82) is 0 Å². The predicted molar refractivity (Wildman–Crippen MR) is 90.4 cm³/mol. The molecule has 0 heterocycles. The Balaban J connectivity index is 2.48. The van der Waals surface area contributed by atoms with Crippen LogP contribution in [-0.2, 0) is 9.59 Å². The molecule has 1 unspecified atom stereocenters. The van der Waals surface area contributed by atoms with Crippen molar-refractivity contribution in [1.82, 2.24) is 10.6 Å². The number of halogens is 3. The van der Waals surface area contributed by atoms with Gasteiger partial charge in [-0.15, -0.1) is 0 Å². The van der Waals surface area contributed by atoms with Gasteiger partial charge in [0, 0.05) is 0 Å². The number of benzene rings is 1. The molecule has 0 bridgehead atoms. The first-order chi connectivity index (χ1) is 12.0. The van der Waals surface area contributed by atoms with E-state index in [9.17, 15) is 22.8 Å². The molecule has 0 aliphatic heterocycles. The zero-order valence-corrected chi connectivity index (χ0v) is 14.9. The van der Waals surface area contributed by atoms with Crippen LogP contribution in [0.2, 0.25) is 0 Å². The lowest BCUT2D eigenvalue weighted by Crippen LogP contribution is -2.47. The van der Waals surface area contributed by atoms with E-state index >= 15 is 0 Å². The van der Waals surface area contributed by atoms with Crippen LogP contribution < -0.4 is 21.1 Å². The van der Waals surface area contributed by atoms with Crippen LogP contribution in [0.1, 0.15) is 32.4 Å². The molecule has 1 rings (SSSR count). The van der Waals surface area contributed by atoms with Crippen molar-refractivity contribution in [3.05, 3.63) is 29.8 Å². The number of nitrogens with two attached hydrogens (primary N) is 1. The molecule has 9 heteroatoms. The lowest BCUT2D eigenvalue weighted by Gasteiger charge is -2.17. The largest absolute Gasteiger partial charge is 0.484 e. The van der Waals surface area contributed by atoms with Crippen molar-refractivity contribution in [3.63, 3.8) is 0 Å². The van der Waals surface area contributed by atoms with Gasteiger partial charge in [0.15, 0.2) is 6.61 Å². The average Bonchev–Trinajstić information content (AvgIpc) is 2.56. The number of ether oxygens (including phenoxy) is 1. The second kappa shape index (κ2) is 9.42. The highest BCUT2D eigenvalue weighted by Crippen LogP contribution is 2.21.